The van der Waals surface area contributed by atoms with Gasteiger partial charge in [-0.3, -0.25) is 0 Å². The highest BCUT2D eigenvalue weighted by molar-refractivity contribution is 4.97. The molecule has 0 aliphatic heterocycles. The lowest BCUT2D eigenvalue weighted by molar-refractivity contribution is -0.153. The SMILES string of the molecule is CCOC(CNC1CC(OCC)C1OC)OCC. The Morgan fingerprint density at radius 1 is 1.11 bits per heavy atom. The molecule has 3 atom stereocenters. The van der Waals surface area contributed by atoms with E-state index >= 15 is 0 Å². The van der Waals surface area contributed by atoms with Crippen molar-refractivity contribution in [1.29, 1.82) is 0 Å². The fraction of sp³-hybridized carbons (Fsp3) is 1.00. The third-order valence-electron chi connectivity index (χ3n) is 3.15. The Hall–Kier alpha value is -0.200. The highest BCUT2D eigenvalue weighted by atomic mass is 16.7. The van der Waals surface area contributed by atoms with Crippen LogP contribution in [0.2, 0.25) is 0 Å². The third kappa shape index (κ3) is 4.48. The molecule has 1 aliphatic rings. The van der Waals surface area contributed by atoms with E-state index in [9.17, 15) is 0 Å². The van der Waals surface area contributed by atoms with Gasteiger partial charge in [-0.25, -0.2) is 0 Å². The van der Waals surface area contributed by atoms with Gasteiger partial charge in [0.2, 0.25) is 0 Å². The van der Waals surface area contributed by atoms with Crippen molar-refractivity contribution in [2.24, 2.45) is 0 Å². The van der Waals surface area contributed by atoms with E-state index in [-0.39, 0.29) is 18.5 Å². The summed E-state index contributed by atoms with van der Waals surface area (Å²) in [5.74, 6) is 0. The first-order valence-corrected chi connectivity index (χ1v) is 6.87. The molecule has 0 bridgehead atoms. The lowest BCUT2D eigenvalue weighted by Gasteiger charge is -2.43. The Labute approximate surface area is 110 Å². The van der Waals surface area contributed by atoms with Crippen molar-refractivity contribution < 1.29 is 18.9 Å². The van der Waals surface area contributed by atoms with E-state index in [1.807, 2.05) is 20.8 Å². The summed E-state index contributed by atoms with van der Waals surface area (Å²) in [5.41, 5.74) is 0. The molecule has 0 aromatic carbocycles. The number of methoxy groups -OCH3 is 1. The molecule has 0 aromatic rings. The molecule has 5 nitrogen and oxygen atoms in total. The van der Waals surface area contributed by atoms with Gasteiger partial charge in [0.25, 0.3) is 0 Å². The highest BCUT2D eigenvalue weighted by Crippen LogP contribution is 2.26. The van der Waals surface area contributed by atoms with Gasteiger partial charge >= 0.3 is 0 Å². The predicted molar refractivity (Wildman–Crippen MR) is 69.7 cm³/mol. The molecule has 0 radical (unpaired) electrons. The number of rotatable bonds is 10. The van der Waals surface area contributed by atoms with Crippen LogP contribution in [-0.4, -0.2) is 58.0 Å². The maximum atomic E-state index is 5.59. The average Bonchev–Trinajstić information content (AvgIpc) is 2.33. The first-order valence-electron chi connectivity index (χ1n) is 6.87. The molecule has 0 amide bonds. The second-order valence-corrected chi connectivity index (χ2v) is 4.28. The lowest BCUT2D eigenvalue weighted by Crippen LogP contribution is -2.60. The standard InChI is InChI=1S/C13H27NO4/c1-5-16-11-8-10(13(11)15-4)14-9-12(17-6-2)18-7-3/h10-14H,5-9H2,1-4H3. The van der Waals surface area contributed by atoms with Crippen LogP contribution in [0.25, 0.3) is 0 Å². The van der Waals surface area contributed by atoms with E-state index in [0.717, 1.165) is 13.0 Å². The van der Waals surface area contributed by atoms with Crippen LogP contribution in [0.15, 0.2) is 0 Å². The molecule has 1 N–H and O–H groups in total. The monoisotopic (exact) mass is 261 g/mol. The largest absolute Gasteiger partial charge is 0.377 e. The summed E-state index contributed by atoms with van der Waals surface area (Å²) in [6.45, 7) is 8.69. The van der Waals surface area contributed by atoms with Gasteiger partial charge in [-0.15, -0.1) is 0 Å². The molecule has 108 valence electrons. The van der Waals surface area contributed by atoms with Gasteiger partial charge < -0.3 is 24.3 Å². The van der Waals surface area contributed by atoms with Gasteiger partial charge in [-0.2, -0.15) is 0 Å². The summed E-state index contributed by atoms with van der Waals surface area (Å²) in [6.07, 6.45) is 1.16. The Morgan fingerprint density at radius 2 is 1.78 bits per heavy atom. The van der Waals surface area contributed by atoms with Gasteiger partial charge in [-0.05, 0) is 27.2 Å². The highest BCUT2D eigenvalue weighted by Gasteiger charge is 2.41. The first kappa shape index (κ1) is 15.9. The lowest BCUT2D eigenvalue weighted by atomic mass is 9.85. The van der Waals surface area contributed by atoms with Gasteiger partial charge in [-0.1, -0.05) is 0 Å². The summed E-state index contributed by atoms with van der Waals surface area (Å²) >= 11 is 0. The van der Waals surface area contributed by atoms with E-state index in [4.69, 9.17) is 18.9 Å². The smallest absolute Gasteiger partial charge is 0.169 e. The van der Waals surface area contributed by atoms with Crippen molar-refractivity contribution in [1.82, 2.24) is 5.32 Å². The summed E-state index contributed by atoms with van der Waals surface area (Å²) < 4.78 is 22.0. The molecular weight excluding hydrogens is 234 g/mol. The van der Waals surface area contributed by atoms with E-state index in [0.29, 0.717) is 25.8 Å². The van der Waals surface area contributed by atoms with Crippen LogP contribution < -0.4 is 5.32 Å². The molecule has 18 heavy (non-hydrogen) atoms. The zero-order valence-corrected chi connectivity index (χ0v) is 12.0. The average molecular weight is 261 g/mol. The second kappa shape index (κ2) is 8.82. The van der Waals surface area contributed by atoms with Crippen molar-refractivity contribution >= 4 is 0 Å². The van der Waals surface area contributed by atoms with Gasteiger partial charge in [0.1, 0.15) is 0 Å². The summed E-state index contributed by atoms with van der Waals surface area (Å²) in [6, 6.07) is 0.329. The fourth-order valence-corrected chi connectivity index (χ4v) is 2.26. The topological polar surface area (TPSA) is 49.0 Å². The van der Waals surface area contributed by atoms with Crippen LogP contribution in [0.3, 0.4) is 0 Å². The molecule has 5 heteroatoms. The maximum Gasteiger partial charge on any atom is 0.169 e. The summed E-state index contributed by atoms with van der Waals surface area (Å²) in [7, 11) is 1.73. The minimum Gasteiger partial charge on any atom is -0.377 e. The fourth-order valence-electron chi connectivity index (χ4n) is 2.26. The minimum absolute atomic E-state index is 0.133. The number of ether oxygens (including phenoxy) is 4. The van der Waals surface area contributed by atoms with E-state index in [1.165, 1.54) is 0 Å². The Kier molecular flexibility index (Phi) is 7.77. The van der Waals surface area contributed by atoms with Crippen LogP contribution in [0.5, 0.6) is 0 Å². The van der Waals surface area contributed by atoms with Crippen LogP contribution in [0.1, 0.15) is 27.2 Å². The zero-order chi connectivity index (χ0) is 13.4. The number of nitrogens with one attached hydrogen (secondary N) is 1. The van der Waals surface area contributed by atoms with Crippen LogP contribution in [0, 0.1) is 0 Å². The van der Waals surface area contributed by atoms with Crippen LogP contribution in [0.4, 0.5) is 0 Å². The molecule has 1 fully saturated rings. The van der Waals surface area contributed by atoms with Crippen molar-refractivity contribution in [3.8, 4) is 0 Å². The van der Waals surface area contributed by atoms with Crippen LogP contribution in [-0.2, 0) is 18.9 Å². The normalized spacial score (nSPS) is 27.5. The van der Waals surface area contributed by atoms with Crippen molar-refractivity contribution in [3.63, 3.8) is 0 Å². The quantitative estimate of drug-likeness (QED) is 0.598. The second-order valence-electron chi connectivity index (χ2n) is 4.28. The Bertz CT molecular complexity index is 209. The zero-order valence-electron chi connectivity index (χ0n) is 12.0. The molecule has 1 rings (SSSR count). The molecular formula is C13H27NO4. The molecule has 3 unspecified atom stereocenters. The first-order chi connectivity index (χ1) is 8.76. The van der Waals surface area contributed by atoms with Gasteiger partial charge in [0.05, 0.1) is 12.2 Å². The molecule has 0 aromatic heterocycles. The van der Waals surface area contributed by atoms with Crippen molar-refractivity contribution in [3.05, 3.63) is 0 Å². The van der Waals surface area contributed by atoms with Gasteiger partial charge in [0.15, 0.2) is 6.29 Å². The molecule has 0 spiro atoms. The summed E-state index contributed by atoms with van der Waals surface area (Å²) in [5, 5.41) is 3.42. The molecule has 1 aliphatic carbocycles. The van der Waals surface area contributed by atoms with Crippen LogP contribution >= 0.6 is 0 Å². The van der Waals surface area contributed by atoms with Gasteiger partial charge in [0, 0.05) is 39.5 Å². The number of hydrogen-bond acceptors (Lipinski definition) is 5. The van der Waals surface area contributed by atoms with E-state index in [1.54, 1.807) is 7.11 Å². The van der Waals surface area contributed by atoms with E-state index in [2.05, 4.69) is 5.32 Å². The Morgan fingerprint density at radius 3 is 2.28 bits per heavy atom. The molecule has 1 saturated carbocycles. The predicted octanol–water partition coefficient (Wildman–Crippen LogP) is 1.17. The number of hydrogen-bond donors (Lipinski definition) is 1. The van der Waals surface area contributed by atoms with E-state index < -0.39 is 0 Å². The Balaban J connectivity index is 2.26. The summed E-state index contributed by atoms with van der Waals surface area (Å²) in [4.78, 5) is 0. The molecule has 0 heterocycles. The van der Waals surface area contributed by atoms with Crippen molar-refractivity contribution in [2.75, 3.05) is 33.5 Å². The van der Waals surface area contributed by atoms with Crippen molar-refractivity contribution in [2.45, 2.75) is 51.7 Å². The minimum atomic E-state index is -0.177. The maximum absolute atomic E-state index is 5.59. The third-order valence-corrected chi connectivity index (χ3v) is 3.15. The molecule has 0 saturated heterocycles.